The third kappa shape index (κ3) is 4.03. The van der Waals surface area contributed by atoms with Gasteiger partial charge in [0.2, 0.25) is 5.91 Å². The Bertz CT molecular complexity index is 539. The molecule has 0 aromatic heterocycles. The van der Waals surface area contributed by atoms with Crippen LogP contribution in [0.1, 0.15) is 17.3 Å². The van der Waals surface area contributed by atoms with E-state index in [4.69, 9.17) is 4.74 Å². The highest BCUT2D eigenvalue weighted by atomic mass is 16.5. The summed E-state index contributed by atoms with van der Waals surface area (Å²) in [5.74, 6) is -0.326. The molecule has 1 aliphatic rings. The predicted octanol–water partition coefficient (Wildman–Crippen LogP) is 0.705. The molecule has 21 heavy (non-hydrogen) atoms. The van der Waals surface area contributed by atoms with Crippen molar-refractivity contribution >= 4 is 17.5 Å². The molecule has 0 spiro atoms. The molecule has 2 N–H and O–H groups in total. The molecule has 1 heterocycles. The fourth-order valence-corrected chi connectivity index (χ4v) is 2.00. The molecule has 1 saturated heterocycles. The van der Waals surface area contributed by atoms with Gasteiger partial charge in [-0.1, -0.05) is 6.07 Å². The van der Waals surface area contributed by atoms with Gasteiger partial charge in [-0.25, -0.2) is 0 Å². The van der Waals surface area contributed by atoms with Crippen molar-refractivity contribution in [3.8, 4) is 0 Å². The van der Waals surface area contributed by atoms with E-state index in [1.54, 1.807) is 38.4 Å². The average molecular weight is 291 g/mol. The molecule has 0 saturated carbocycles. The Morgan fingerprint density at radius 2 is 2.10 bits per heavy atom. The van der Waals surface area contributed by atoms with E-state index in [1.165, 1.54) is 4.90 Å². The number of nitrogens with one attached hydrogen (secondary N) is 2. The fourth-order valence-electron chi connectivity index (χ4n) is 2.00. The molecule has 0 aliphatic carbocycles. The van der Waals surface area contributed by atoms with Gasteiger partial charge in [0.15, 0.2) is 0 Å². The first-order valence-electron chi connectivity index (χ1n) is 6.86. The topological polar surface area (TPSA) is 70.7 Å². The number of anilines is 1. The lowest BCUT2D eigenvalue weighted by Crippen LogP contribution is -2.59. The molecular formula is C15H21N3O3. The number of ether oxygens (including phenoxy) is 1. The third-order valence-corrected chi connectivity index (χ3v) is 3.35. The number of hydrogen-bond acceptors (Lipinski definition) is 4. The molecule has 6 heteroatoms. The van der Waals surface area contributed by atoms with E-state index >= 15 is 0 Å². The van der Waals surface area contributed by atoms with E-state index in [0.717, 1.165) is 13.1 Å². The van der Waals surface area contributed by atoms with Gasteiger partial charge in [0, 0.05) is 38.4 Å². The van der Waals surface area contributed by atoms with Gasteiger partial charge in [-0.15, -0.1) is 0 Å². The minimum atomic E-state index is -0.250. The molecule has 1 aromatic carbocycles. The van der Waals surface area contributed by atoms with Crippen LogP contribution in [0.15, 0.2) is 24.3 Å². The van der Waals surface area contributed by atoms with Crippen LogP contribution in [0, 0.1) is 0 Å². The van der Waals surface area contributed by atoms with Crippen LogP contribution >= 0.6 is 0 Å². The van der Waals surface area contributed by atoms with Crippen molar-refractivity contribution in [2.45, 2.75) is 12.5 Å². The molecule has 0 radical (unpaired) electrons. The molecule has 1 fully saturated rings. The van der Waals surface area contributed by atoms with Crippen LogP contribution in [0.3, 0.4) is 0 Å². The van der Waals surface area contributed by atoms with Crippen molar-refractivity contribution in [2.75, 3.05) is 39.1 Å². The third-order valence-electron chi connectivity index (χ3n) is 3.35. The van der Waals surface area contributed by atoms with E-state index in [-0.39, 0.29) is 24.0 Å². The van der Waals surface area contributed by atoms with Crippen LogP contribution in [0.25, 0.3) is 0 Å². The van der Waals surface area contributed by atoms with Gasteiger partial charge < -0.3 is 20.3 Å². The molecule has 2 amide bonds. The van der Waals surface area contributed by atoms with Gasteiger partial charge in [0.1, 0.15) is 6.61 Å². The van der Waals surface area contributed by atoms with Crippen LogP contribution in [0.4, 0.5) is 5.69 Å². The second kappa shape index (κ2) is 6.24. The number of benzene rings is 1. The Hall–Kier alpha value is -1.92. The molecular weight excluding hydrogens is 270 g/mol. The first-order valence-corrected chi connectivity index (χ1v) is 6.86. The summed E-state index contributed by atoms with van der Waals surface area (Å²) in [5.41, 5.74) is 0.877. The zero-order valence-corrected chi connectivity index (χ0v) is 12.6. The Balaban J connectivity index is 1.91. The first kappa shape index (κ1) is 15.5. The number of rotatable bonds is 5. The number of amides is 2. The van der Waals surface area contributed by atoms with Gasteiger partial charge in [0.05, 0.1) is 5.60 Å². The van der Waals surface area contributed by atoms with E-state index in [0.29, 0.717) is 11.3 Å². The molecule has 2 rings (SSSR count). The van der Waals surface area contributed by atoms with Gasteiger partial charge >= 0.3 is 0 Å². The second-order valence-corrected chi connectivity index (χ2v) is 5.67. The largest absolute Gasteiger partial charge is 0.363 e. The number of nitrogens with zero attached hydrogens (tertiary/aromatic N) is 1. The van der Waals surface area contributed by atoms with Crippen molar-refractivity contribution < 1.29 is 14.3 Å². The highest BCUT2D eigenvalue weighted by Gasteiger charge is 2.32. The molecule has 0 unspecified atom stereocenters. The lowest BCUT2D eigenvalue weighted by atomic mass is 10.0. The maximum absolute atomic E-state index is 11.9. The van der Waals surface area contributed by atoms with E-state index in [2.05, 4.69) is 10.6 Å². The van der Waals surface area contributed by atoms with Crippen LogP contribution in [-0.4, -0.2) is 56.1 Å². The monoisotopic (exact) mass is 291 g/mol. The Kier molecular flexibility index (Phi) is 4.59. The quantitative estimate of drug-likeness (QED) is 0.838. The van der Waals surface area contributed by atoms with Gasteiger partial charge in [-0.2, -0.15) is 0 Å². The molecule has 0 atom stereocenters. The minimum absolute atomic E-state index is 0.00400. The van der Waals surface area contributed by atoms with Crippen molar-refractivity contribution in [2.24, 2.45) is 0 Å². The molecule has 6 nitrogen and oxygen atoms in total. The Labute approximate surface area is 124 Å². The van der Waals surface area contributed by atoms with E-state index in [1.807, 2.05) is 6.92 Å². The minimum Gasteiger partial charge on any atom is -0.363 e. The maximum Gasteiger partial charge on any atom is 0.253 e. The molecule has 1 aromatic rings. The standard InChI is InChI=1S/C15H21N3O3/c1-15(9-16-10-15)21-8-13(19)17-12-6-4-5-11(7-12)14(20)18(2)3/h4-7,16H,8-10H2,1-3H3,(H,17,19). The van der Waals surface area contributed by atoms with Crippen molar-refractivity contribution in [1.29, 1.82) is 0 Å². The summed E-state index contributed by atoms with van der Waals surface area (Å²) < 4.78 is 5.57. The summed E-state index contributed by atoms with van der Waals surface area (Å²) in [6.45, 7) is 3.48. The summed E-state index contributed by atoms with van der Waals surface area (Å²) in [6.07, 6.45) is 0. The zero-order valence-electron chi connectivity index (χ0n) is 12.6. The Morgan fingerprint density at radius 1 is 1.38 bits per heavy atom. The summed E-state index contributed by atoms with van der Waals surface area (Å²) in [5, 5.41) is 5.85. The summed E-state index contributed by atoms with van der Waals surface area (Å²) in [4.78, 5) is 25.2. The van der Waals surface area contributed by atoms with Crippen LogP contribution in [0.2, 0.25) is 0 Å². The summed E-state index contributed by atoms with van der Waals surface area (Å²) in [7, 11) is 3.38. The Morgan fingerprint density at radius 3 is 2.67 bits per heavy atom. The van der Waals surface area contributed by atoms with Gasteiger partial charge in [0.25, 0.3) is 5.91 Å². The number of carbonyl (C=O) groups is 2. The number of hydrogen-bond donors (Lipinski definition) is 2. The fraction of sp³-hybridized carbons (Fsp3) is 0.467. The van der Waals surface area contributed by atoms with E-state index in [9.17, 15) is 9.59 Å². The van der Waals surface area contributed by atoms with Crippen LogP contribution < -0.4 is 10.6 Å². The highest BCUT2D eigenvalue weighted by Crippen LogP contribution is 2.16. The SMILES string of the molecule is CN(C)C(=O)c1cccc(NC(=O)COC2(C)CNC2)c1. The van der Waals surface area contributed by atoms with Crippen LogP contribution in [-0.2, 0) is 9.53 Å². The van der Waals surface area contributed by atoms with Crippen molar-refractivity contribution in [3.05, 3.63) is 29.8 Å². The second-order valence-electron chi connectivity index (χ2n) is 5.67. The van der Waals surface area contributed by atoms with Crippen LogP contribution in [0.5, 0.6) is 0 Å². The lowest BCUT2D eigenvalue weighted by Gasteiger charge is -2.38. The summed E-state index contributed by atoms with van der Waals surface area (Å²) in [6, 6.07) is 6.86. The van der Waals surface area contributed by atoms with Gasteiger partial charge in [-0.05, 0) is 25.1 Å². The molecule has 0 bridgehead atoms. The van der Waals surface area contributed by atoms with Gasteiger partial charge in [-0.3, -0.25) is 9.59 Å². The van der Waals surface area contributed by atoms with E-state index < -0.39 is 0 Å². The highest BCUT2D eigenvalue weighted by molar-refractivity contribution is 5.97. The predicted molar refractivity (Wildman–Crippen MR) is 80.3 cm³/mol. The van der Waals surface area contributed by atoms with Crippen molar-refractivity contribution in [1.82, 2.24) is 10.2 Å². The van der Waals surface area contributed by atoms with Crippen molar-refractivity contribution in [3.63, 3.8) is 0 Å². The lowest BCUT2D eigenvalue weighted by molar-refractivity contribution is -0.130. The number of carbonyl (C=O) groups excluding carboxylic acids is 2. The normalized spacial score (nSPS) is 16.0. The smallest absolute Gasteiger partial charge is 0.253 e. The zero-order chi connectivity index (χ0) is 15.5. The maximum atomic E-state index is 11.9. The first-order chi connectivity index (χ1) is 9.89. The molecule has 1 aliphatic heterocycles. The summed E-state index contributed by atoms with van der Waals surface area (Å²) >= 11 is 0. The molecule has 114 valence electrons. The average Bonchev–Trinajstić information content (AvgIpc) is 2.42.